The Balaban J connectivity index is 1.72. The maximum atomic E-state index is 12.1. The van der Waals surface area contributed by atoms with Gasteiger partial charge in [-0.1, -0.05) is 6.07 Å². The van der Waals surface area contributed by atoms with Gasteiger partial charge in [0.05, 0.1) is 23.6 Å². The van der Waals surface area contributed by atoms with E-state index in [1.54, 1.807) is 23.1 Å². The number of anilines is 1. The van der Waals surface area contributed by atoms with Crippen molar-refractivity contribution in [1.82, 2.24) is 14.9 Å². The van der Waals surface area contributed by atoms with Crippen molar-refractivity contribution >= 4 is 17.7 Å². The summed E-state index contributed by atoms with van der Waals surface area (Å²) in [5.41, 5.74) is 2.56. The summed E-state index contributed by atoms with van der Waals surface area (Å²) in [6.45, 7) is 0.838. The zero-order valence-electron chi connectivity index (χ0n) is 11.0. The van der Waals surface area contributed by atoms with Crippen molar-refractivity contribution in [3.05, 3.63) is 53.6 Å². The van der Waals surface area contributed by atoms with Crippen molar-refractivity contribution in [2.75, 3.05) is 5.32 Å². The minimum atomic E-state index is -0.970. The predicted molar refractivity (Wildman–Crippen MR) is 73.7 cm³/mol. The summed E-state index contributed by atoms with van der Waals surface area (Å²) in [7, 11) is 0. The third-order valence-corrected chi connectivity index (χ3v) is 3.27. The summed E-state index contributed by atoms with van der Waals surface area (Å²) in [6.07, 6.45) is 4.40. The van der Waals surface area contributed by atoms with Crippen LogP contribution in [-0.2, 0) is 13.1 Å². The molecule has 0 saturated heterocycles. The van der Waals surface area contributed by atoms with Gasteiger partial charge in [0.15, 0.2) is 0 Å². The van der Waals surface area contributed by atoms with Crippen molar-refractivity contribution < 1.29 is 14.7 Å². The molecular weight excluding hydrogens is 272 g/mol. The van der Waals surface area contributed by atoms with E-state index >= 15 is 0 Å². The molecule has 0 radical (unpaired) electrons. The molecule has 0 bridgehead atoms. The summed E-state index contributed by atoms with van der Waals surface area (Å²) in [4.78, 5) is 32.3. The standard InChI is InChI=1S/C14H12N4O3/c19-13(20)9-1-2-10-6-18(7-11(10)3-9)14(21)17-12-4-15-8-16-5-12/h1-5,8H,6-7H2,(H,17,21)(H,19,20). The summed E-state index contributed by atoms with van der Waals surface area (Å²) in [6, 6.07) is 4.64. The zero-order chi connectivity index (χ0) is 14.8. The van der Waals surface area contributed by atoms with Gasteiger partial charge < -0.3 is 15.3 Å². The molecule has 3 rings (SSSR count). The number of carboxylic acids is 1. The molecule has 2 aromatic rings. The minimum Gasteiger partial charge on any atom is -0.478 e. The van der Waals surface area contributed by atoms with Crippen LogP contribution in [0.2, 0.25) is 0 Å². The Bertz CT molecular complexity index is 703. The molecule has 1 aromatic heterocycles. The normalized spacial score (nSPS) is 12.9. The molecule has 0 unspecified atom stereocenters. The van der Waals surface area contributed by atoms with Gasteiger partial charge in [-0.15, -0.1) is 0 Å². The summed E-state index contributed by atoms with van der Waals surface area (Å²) in [5.74, 6) is -0.970. The van der Waals surface area contributed by atoms with Crippen LogP contribution in [-0.4, -0.2) is 32.0 Å². The van der Waals surface area contributed by atoms with Crippen LogP contribution >= 0.6 is 0 Å². The predicted octanol–water partition coefficient (Wildman–Crippen LogP) is 1.72. The van der Waals surface area contributed by atoms with Gasteiger partial charge in [0, 0.05) is 13.1 Å². The lowest BCUT2D eigenvalue weighted by molar-refractivity contribution is 0.0696. The van der Waals surface area contributed by atoms with Gasteiger partial charge in [-0.2, -0.15) is 0 Å². The van der Waals surface area contributed by atoms with Gasteiger partial charge in [0.25, 0.3) is 0 Å². The topological polar surface area (TPSA) is 95.4 Å². The first-order chi connectivity index (χ1) is 10.1. The largest absolute Gasteiger partial charge is 0.478 e. The number of nitrogens with zero attached hydrogens (tertiary/aromatic N) is 3. The molecule has 2 amide bonds. The Morgan fingerprint density at radius 1 is 1.14 bits per heavy atom. The van der Waals surface area contributed by atoms with Crippen LogP contribution in [0.15, 0.2) is 36.9 Å². The number of hydrogen-bond donors (Lipinski definition) is 2. The lowest BCUT2D eigenvalue weighted by Crippen LogP contribution is -2.30. The van der Waals surface area contributed by atoms with Crippen molar-refractivity contribution in [2.45, 2.75) is 13.1 Å². The summed E-state index contributed by atoms with van der Waals surface area (Å²) >= 11 is 0. The highest BCUT2D eigenvalue weighted by atomic mass is 16.4. The Morgan fingerprint density at radius 3 is 2.57 bits per heavy atom. The molecular formula is C14H12N4O3. The zero-order valence-corrected chi connectivity index (χ0v) is 11.0. The molecule has 7 nitrogen and oxygen atoms in total. The third kappa shape index (κ3) is 2.66. The van der Waals surface area contributed by atoms with Crippen LogP contribution in [0.5, 0.6) is 0 Å². The van der Waals surface area contributed by atoms with Crippen LogP contribution < -0.4 is 5.32 Å². The van der Waals surface area contributed by atoms with Gasteiger partial charge in [-0.25, -0.2) is 19.6 Å². The van der Waals surface area contributed by atoms with Gasteiger partial charge in [-0.05, 0) is 23.3 Å². The molecule has 0 saturated carbocycles. The minimum absolute atomic E-state index is 0.229. The Labute approximate surface area is 120 Å². The molecule has 7 heteroatoms. The van der Waals surface area contributed by atoms with Gasteiger partial charge in [0.1, 0.15) is 6.33 Å². The number of nitrogens with one attached hydrogen (secondary N) is 1. The monoisotopic (exact) mass is 284 g/mol. The maximum Gasteiger partial charge on any atom is 0.335 e. The number of benzene rings is 1. The highest BCUT2D eigenvalue weighted by Gasteiger charge is 2.24. The lowest BCUT2D eigenvalue weighted by Gasteiger charge is -2.15. The smallest absolute Gasteiger partial charge is 0.335 e. The average molecular weight is 284 g/mol. The molecule has 0 atom stereocenters. The SMILES string of the molecule is O=C(O)c1ccc2c(c1)CN(C(=O)Nc1cncnc1)C2. The Kier molecular flexibility index (Phi) is 3.23. The van der Waals surface area contributed by atoms with Crippen LogP contribution in [0.4, 0.5) is 10.5 Å². The van der Waals surface area contributed by atoms with E-state index in [0.717, 1.165) is 11.1 Å². The van der Waals surface area contributed by atoms with Crippen LogP contribution in [0.3, 0.4) is 0 Å². The fourth-order valence-corrected chi connectivity index (χ4v) is 2.24. The van der Waals surface area contributed by atoms with Gasteiger partial charge >= 0.3 is 12.0 Å². The molecule has 106 valence electrons. The summed E-state index contributed by atoms with van der Waals surface area (Å²) in [5, 5.41) is 11.7. The first-order valence-corrected chi connectivity index (χ1v) is 6.29. The van der Waals surface area contributed by atoms with E-state index in [1.165, 1.54) is 18.7 Å². The van der Waals surface area contributed by atoms with Crippen LogP contribution in [0.25, 0.3) is 0 Å². The first kappa shape index (κ1) is 13.0. The molecule has 0 spiro atoms. The average Bonchev–Trinajstić information content (AvgIpc) is 2.91. The molecule has 0 fully saturated rings. The third-order valence-electron chi connectivity index (χ3n) is 3.27. The number of carboxylic acid groups (broad SMARTS) is 1. The van der Waals surface area contributed by atoms with Crippen molar-refractivity contribution in [2.24, 2.45) is 0 Å². The van der Waals surface area contributed by atoms with E-state index in [1.807, 2.05) is 0 Å². The van der Waals surface area contributed by atoms with E-state index in [9.17, 15) is 9.59 Å². The Hall–Kier alpha value is -2.96. The maximum absolute atomic E-state index is 12.1. The number of amides is 2. The quantitative estimate of drug-likeness (QED) is 0.875. The number of hydrogen-bond acceptors (Lipinski definition) is 4. The van der Waals surface area contributed by atoms with Crippen LogP contribution in [0.1, 0.15) is 21.5 Å². The second-order valence-electron chi connectivity index (χ2n) is 4.70. The second kappa shape index (κ2) is 5.20. The number of fused-ring (bicyclic) bond motifs is 1. The molecule has 1 aliphatic rings. The lowest BCUT2D eigenvalue weighted by atomic mass is 10.1. The van der Waals surface area contributed by atoms with E-state index in [-0.39, 0.29) is 11.6 Å². The molecule has 1 aliphatic heterocycles. The van der Waals surface area contributed by atoms with Crippen LogP contribution in [0, 0.1) is 0 Å². The first-order valence-electron chi connectivity index (χ1n) is 6.29. The highest BCUT2D eigenvalue weighted by Crippen LogP contribution is 2.24. The molecule has 2 heterocycles. The van der Waals surface area contributed by atoms with Crippen molar-refractivity contribution in [3.8, 4) is 0 Å². The molecule has 21 heavy (non-hydrogen) atoms. The molecule has 0 aliphatic carbocycles. The molecule has 1 aromatic carbocycles. The fourth-order valence-electron chi connectivity index (χ4n) is 2.24. The van der Waals surface area contributed by atoms with Crippen molar-refractivity contribution in [1.29, 1.82) is 0 Å². The number of aromatic nitrogens is 2. The van der Waals surface area contributed by atoms with Gasteiger partial charge in [0.2, 0.25) is 0 Å². The Morgan fingerprint density at radius 2 is 1.86 bits per heavy atom. The highest BCUT2D eigenvalue weighted by molar-refractivity contribution is 5.90. The number of carbonyl (C=O) groups excluding carboxylic acids is 1. The molecule has 2 N–H and O–H groups in total. The second-order valence-corrected chi connectivity index (χ2v) is 4.70. The van der Waals surface area contributed by atoms with E-state index < -0.39 is 5.97 Å². The number of aromatic carboxylic acids is 1. The fraction of sp³-hybridized carbons (Fsp3) is 0.143. The number of rotatable bonds is 2. The van der Waals surface area contributed by atoms with Crippen molar-refractivity contribution in [3.63, 3.8) is 0 Å². The van der Waals surface area contributed by atoms with E-state index in [2.05, 4.69) is 15.3 Å². The number of carbonyl (C=O) groups is 2. The summed E-state index contributed by atoms with van der Waals surface area (Å²) < 4.78 is 0. The number of urea groups is 1. The van der Waals surface area contributed by atoms with E-state index in [0.29, 0.717) is 18.8 Å². The van der Waals surface area contributed by atoms with E-state index in [4.69, 9.17) is 5.11 Å². The van der Waals surface area contributed by atoms with Gasteiger partial charge in [-0.3, -0.25) is 0 Å².